The van der Waals surface area contributed by atoms with Crippen LogP contribution in [-0.2, 0) is 4.79 Å². The summed E-state index contributed by atoms with van der Waals surface area (Å²) >= 11 is 3.13. The van der Waals surface area contributed by atoms with Crippen molar-refractivity contribution < 1.29 is 23.1 Å². The fraction of sp³-hybridized carbons (Fsp3) is 0.364. The first kappa shape index (κ1) is 14.0. The number of carboxylic acids is 1. The van der Waals surface area contributed by atoms with Crippen LogP contribution < -0.4 is 0 Å². The molecule has 0 aromatic heterocycles. The van der Waals surface area contributed by atoms with Gasteiger partial charge in [0.05, 0.1) is 5.92 Å². The minimum absolute atomic E-state index is 0.0851. The first-order valence-electron chi connectivity index (χ1n) is 4.84. The fourth-order valence-electron chi connectivity index (χ4n) is 1.48. The Morgan fingerprint density at radius 3 is 2.24 bits per heavy atom. The van der Waals surface area contributed by atoms with Gasteiger partial charge in [0, 0.05) is 10.9 Å². The maximum atomic E-state index is 12.8. The number of rotatable bonds is 4. The van der Waals surface area contributed by atoms with Gasteiger partial charge in [-0.1, -0.05) is 28.1 Å². The van der Waals surface area contributed by atoms with E-state index in [1.807, 2.05) is 0 Å². The Kier molecular flexibility index (Phi) is 4.56. The van der Waals surface area contributed by atoms with Gasteiger partial charge < -0.3 is 5.11 Å². The molecule has 0 aliphatic rings. The van der Waals surface area contributed by atoms with E-state index in [1.165, 1.54) is 24.3 Å². The van der Waals surface area contributed by atoms with Gasteiger partial charge in [0.2, 0.25) is 0 Å². The van der Waals surface area contributed by atoms with Crippen molar-refractivity contribution in [3.05, 3.63) is 34.3 Å². The topological polar surface area (TPSA) is 37.3 Å². The largest absolute Gasteiger partial charge is 0.481 e. The number of halogens is 4. The maximum Gasteiger partial charge on any atom is 0.395 e. The zero-order chi connectivity index (χ0) is 13.1. The predicted molar refractivity (Wildman–Crippen MR) is 59.8 cm³/mol. The van der Waals surface area contributed by atoms with E-state index < -0.39 is 30.9 Å². The number of alkyl halides is 3. The smallest absolute Gasteiger partial charge is 0.395 e. The van der Waals surface area contributed by atoms with Gasteiger partial charge in [-0.25, -0.2) is 0 Å². The lowest BCUT2D eigenvalue weighted by molar-refractivity contribution is -0.154. The normalized spacial score (nSPS) is 13.4. The second-order valence-electron chi connectivity index (χ2n) is 3.58. The van der Waals surface area contributed by atoms with Gasteiger partial charge >= 0.3 is 12.1 Å². The van der Waals surface area contributed by atoms with Crippen LogP contribution in [-0.4, -0.2) is 17.3 Å². The molecule has 1 unspecified atom stereocenters. The first-order chi connectivity index (χ1) is 7.80. The summed E-state index contributed by atoms with van der Waals surface area (Å²) < 4.78 is 38.9. The SMILES string of the molecule is O=C(O)CCC(c1ccc(Br)cc1)C(F)(F)F. The second-order valence-corrected chi connectivity index (χ2v) is 4.49. The van der Waals surface area contributed by atoms with Gasteiger partial charge in [0.25, 0.3) is 0 Å². The summed E-state index contributed by atoms with van der Waals surface area (Å²) in [6, 6.07) is 5.72. The molecule has 1 aromatic carbocycles. The maximum absolute atomic E-state index is 12.8. The summed E-state index contributed by atoms with van der Waals surface area (Å²) in [4.78, 5) is 10.3. The molecule has 0 saturated heterocycles. The molecule has 1 rings (SSSR count). The minimum atomic E-state index is -4.43. The molecule has 17 heavy (non-hydrogen) atoms. The Labute approximate surface area is 105 Å². The number of carbonyl (C=O) groups is 1. The highest BCUT2D eigenvalue weighted by Gasteiger charge is 2.40. The van der Waals surface area contributed by atoms with E-state index in [4.69, 9.17) is 5.11 Å². The Morgan fingerprint density at radius 1 is 1.29 bits per heavy atom. The van der Waals surface area contributed by atoms with Crippen LogP contribution in [0.2, 0.25) is 0 Å². The van der Waals surface area contributed by atoms with E-state index >= 15 is 0 Å². The van der Waals surface area contributed by atoms with Crippen LogP contribution in [0.25, 0.3) is 0 Å². The Morgan fingerprint density at radius 2 is 1.82 bits per heavy atom. The van der Waals surface area contributed by atoms with Crippen LogP contribution in [0.4, 0.5) is 13.2 Å². The molecule has 0 radical (unpaired) electrons. The summed E-state index contributed by atoms with van der Waals surface area (Å²) in [6.07, 6.45) is -5.37. The molecule has 0 fully saturated rings. The number of benzene rings is 1. The molecule has 0 aliphatic carbocycles. The molecular weight excluding hydrogens is 301 g/mol. The molecule has 0 heterocycles. The zero-order valence-electron chi connectivity index (χ0n) is 8.67. The highest BCUT2D eigenvalue weighted by atomic mass is 79.9. The average Bonchev–Trinajstić information content (AvgIpc) is 2.18. The van der Waals surface area contributed by atoms with Crippen molar-refractivity contribution in [2.45, 2.75) is 24.9 Å². The van der Waals surface area contributed by atoms with Crippen molar-refractivity contribution in [1.29, 1.82) is 0 Å². The van der Waals surface area contributed by atoms with Gasteiger partial charge in [-0.15, -0.1) is 0 Å². The van der Waals surface area contributed by atoms with Crippen LogP contribution in [0, 0.1) is 0 Å². The first-order valence-corrected chi connectivity index (χ1v) is 5.64. The van der Waals surface area contributed by atoms with Crippen molar-refractivity contribution in [2.75, 3.05) is 0 Å². The standard InChI is InChI=1S/C11H10BrF3O2/c12-8-3-1-7(2-4-8)9(11(13,14)15)5-6-10(16)17/h1-4,9H,5-6H2,(H,16,17). The van der Waals surface area contributed by atoms with E-state index in [1.54, 1.807) is 0 Å². The van der Waals surface area contributed by atoms with E-state index in [2.05, 4.69) is 15.9 Å². The fourth-order valence-corrected chi connectivity index (χ4v) is 1.75. The molecule has 2 nitrogen and oxygen atoms in total. The van der Waals surface area contributed by atoms with Crippen molar-refractivity contribution in [3.8, 4) is 0 Å². The van der Waals surface area contributed by atoms with Crippen molar-refractivity contribution in [3.63, 3.8) is 0 Å². The third-order valence-corrected chi connectivity index (χ3v) is 2.84. The molecule has 0 bridgehead atoms. The summed E-state index contributed by atoms with van der Waals surface area (Å²) in [5, 5.41) is 8.44. The van der Waals surface area contributed by atoms with E-state index in [0.29, 0.717) is 4.47 Å². The van der Waals surface area contributed by atoms with Gasteiger partial charge in [0.15, 0.2) is 0 Å². The highest BCUT2D eigenvalue weighted by molar-refractivity contribution is 9.10. The molecule has 1 N–H and O–H groups in total. The second kappa shape index (κ2) is 5.53. The van der Waals surface area contributed by atoms with Gasteiger partial charge in [-0.2, -0.15) is 13.2 Å². The van der Waals surface area contributed by atoms with E-state index in [9.17, 15) is 18.0 Å². The number of hydrogen-bond acceptors (Lipinski definition) is 1. The Balaban J connectivity index is 2.90. The Bertz CT molecular complexity index is 387. The Hall–Kier alpha value is -1.04. The lowest BCUT2D eigenvalue weighted by Crippen LogP contribution is -2.21. The lowest BCUT2D eigenvalue weighted by Gasteiger charge is -2.20. The number of carboxylic acid groups (broad SMARTS) is 1. The molecule has 0 amide bonds. The molecule has 6 heteroatoms. The van der Waals surface area contributed by atoms with Crippen molar-refractivity contribution in [1.82, 2.24) is 0 Å². The van der Waals surface area contributed by atoms with Crippen LogP contribution in [0.15, 0.2) is 28.7 Å². The lowest BCUT2D eigenvalue weighted by atomic mass is 9.94. The third kappa shape index (κ3) is 4.38. The summed E-state index contributed by atoms with van der Waals surface area (Å²) in [6.45, 7) is 0. The van der Waals surface area contributed by atoms with Crippen molar-refractivity contribution >= 4 is 21.9 Å². The number of aliphatic carboxylic acids is 1. The molecule has 94 valence electrons. The monoisotopic (exact) mass is 310 g/mol. The van der Waals surface area contributed by atoms with Crippen LogP contribution in [0.1, 0.15) is 24.3 Å². The summed E-state index contributed by atoms with van der Waals surface area (Å²) in [5.74, 6) is -2.96. The number of hydrogen-bond donors (Lipinski definition) is 1. The molecule has 0 aliphatic heterocycles. The molecule has 0 saturated carbocycles. The van der Waals surface area contributed by atoms with Gasteiger partial charge in [-0.3, -0.25) is 4.79 Å². The van der Waals surface area contributed by atoms with E-state index in [0.717, 1.165) is 0 Å². The summed E-state index contributed by atoms with van der Waals surface area (Å²) in [5.41, 5.74) is 0.0851. The zero-order valence-corrected chi connectivity index (χ0v) is 10.3. The van der Waals surface area contributed by atoms with Crippen LogP contribution in [0.5, 0.6) is 0 Å². The quantitative estimate of drug-likeness (QED) is 0.914. The molecule has 1 aromatic rings. The van der Waals surface area contributed by atoms with Crippen molar-refractivity contribution in [2.24, 2.45) is 0 Å². The van der Waals surface area contributed by atoms with E-state index in [-0.39, 0.29) is 5.56 Å². The minimum Gasteiger partial charge on any atom is -0.481 e. The summed E-state index contributed by atoms with van der Waals surface area (Å²) in [7, 11) is 0. The average molecular weight is 311 g/mol. The molecule has 0 spiro atoms. The molecular formula is C11H10BrF3O2. The molecule has 1 atom stereocenters. The predicted octanol–water partition coefficient (Wildman–Crippen LogP) is 3.96. The third-order valence-electron chi connectivity index (χ3n) is 2.31. The van der Waals surface area contributed by atoms with Gasteiger partial charge in [-0.05, 0) is 24.1 Å². The highest BCUT2D eigenvalue weighted by Crippen LogP contribution is 2.38. The van der Waals surface area contributed by atoms with Gasteiger partial charge in [0.1, 0.15) is 0 Å². The van der Waals surface area contributed by atoms with Crippen LogP contribution in [0.3, 0.4) is 0 Å². The van der Waals surface area contributed by atoms with Crippen LogP contribution >= 0.6 is 15.9 Å².